The van der Waals surface area contributed by atoms with Crippen molar-refractivity contribution in [2.24, 2.45) is 5.84 Å². The van der Waals surface area contributed by atoms with Crippen LogP contribution in [0.4, 0.5) is 29.2 Å². The van der Waals surface area contributed by atoms with Gasteiger partial charge in [0.15, 0.2) is 0 Å². The maximum absolute atomic E-state index is 10.8. The molecule has 10 nitrogen and oxygen atoms in total. The van der Waals surface area contributed by atoms with E-state index in [4.69, 9.17) is 5.84 Å². The standard InChI is InChI=1S/C13H18N8O2/c1-13(2,3)19-11-16-10(17-12(18-11)20-14)15-8-5-4-6-9(7-8)21(22)23/h4-7H,14H2,1-3H3,(H3,15,16,17,18,19,20). The van der Waals surface area contributed by atoms with Gasteiger partial charge < -0.3 is 10.6 Å². The van der Waals surface area contributed by atoms with Gasteiger partial charge in [-0.1, -0.05) is 6.07 Å². The zero-order valence-electron chi connectivity index (χ0n) is 13.0. The van der Waals surface area contributed by atoms with Gasteiger partial charge in [0, 0.05) is 23.4 Å². The van der Waals surface area contributed by atoms with Crippen LogP contribution in [-0.4, -0.2) is 25.4 Å². The van der Waals surface area contributed by atoms with Gasteiger partial charge in [-0.25, -0.2) is 5.84 Å². The third kappa shape index (κ3) is 4.74. The lowest BCUT2D eigenvalue weighted by molar-refractivity contribution is -0.384. The van der Waals surface area contributed by atoms with Gasteiger partial charge in [-0.3, -0.25) is 15.5 Å². The maximum Gasteiger partial charge on any atom is 0.271 e. The average molecular weight is 318 g/mol. The van der Waals surface area contributed by atoms with Crippen LogP contribution in [-0.2, 0) is 0 Å². The minimum Gasteiger partial charge on any atom is -0.349 e. The van der Waals surface area contributed by atoms with Gasteiger partial charge >= 0.3 is 0 Å². The smallest absolute Gasteiger partial charge is 0.271 e. The van der Waals surface area contributed by atoms with Crippen molar-refractivity contribution < 1.29 is 4.92 Å². The van der Waals surface area contributed by atoms with Crippen molar-refractivity contribution in [3.63, 3.8) is 0 Å². The molecule has 122 valence electrons. The minimum absolute atomic E-state index is 0.0331. The summed E-state index contributed by atoms with van der Waals surface area (Å²) in [7, 11) is 0. The van der Waals surface area contributed by atoms with E-state index in [1.807, 2.05) is 20.8 Å². The highest BCUT2D eigenvalue weighted by Crippen LogP contribution is 2.21. The largest absolute Gasteiger partial charge is 0.349 e. The minimum atomic E-state index is -0.474. The molecule has 0 aliphatic carbocycles. The number of hydrogen-bond acceptors (Lipinski definition) is 9. The molecule has 5 N–H and O–H groups in total. The lowest BCUT2D eigenvalue weighted by atomic mass is 10.1. The van der Waals surface area contributed by atoms with E-state index >= 15 is 0 Å². The summed E-state index contributed by atoms with van der Waals surface area (Å²) in [5.41, 5.74) is 2.55. The molecule has 0 fully saturated rings. The number of nitro benzene ring substituents is 1. The number of nitrogens with two attached hydrogens (primary N) is 1. The molecular formula is C13H18N8O2. The Balaban J connectivity index is 2.30. The number of aromatic nitrogens is 3. The summed E-state index contributed by atoms with van der Waals surface area (Å²) in [6.07, 6.45) is 0. The van der Waals surface area contributed by atoms with Crippen LogP contribution in [0.5, 0.6) is 0 Å². The Kier molecular flexibility index (Phi) is 4.55. The van der Waals surface area contributed by atoms with Crippen LogP contribution in [0.25, 0.3) is 0 Å². The predicted molar refractivity (Wildman–Crippen MR) is 87.4 cm³/mol. The first-order valence-electron chi connectivity index (χ1n) is 6.79. The van der Waals surface area contributed by atoms with Gasteiger partial charge in [-0.15, -0.1) is 0 Å². The Labute approximate surface area is 132 Å². The quantitative estimate of drug-likeness (QED) is 0.369. The number of nitro groups is 1. The van der Waals surface area contributed by atoms with Crippen molar-refractivity contribution >= 4 is 29.2 Å². The summed E-state index contributed by atoms with van der Waals surface area (Å²) in [4.78, 5) is 22.7. The summed E-state index contributed by atoms with van der Waals surface area (Å²) in [6.45, 7) is 5.87. The zero-order chi connectivity index (χ0) is 17.0. The topological polar surface area (TPSA) is 144 Å². The van der Waals surface area contributed by atoms with Crippen LogP contribution < -0.4 is 21.9 Å². The van der Waals surface area contributed by atoms with E-state index in [0.29, 0.717) is 11.6 Å². The van der Waals surface area contributed by atoms with Crippen LogP contribution in [0.1, 0.15) is 20.8 Å². The van der Waals surface area contributed by atoms with Crippen LogP contribution in [0.3, 0.4) is 0 Å². The van der Waals surface area contributed by atoms with E-state index in [1.54, 1.807) is 12.1 Å². The molecule has 0 spiro atoms. The Morgan fingerprint density at radius 2 is 1.78 bits per heavy atom. The fourth-order valence-corrected chi connectivity index (χ4v) is 1.71. The Morgan fingerprint density at radius 1 is 1.13 bits per heavy atom. The third-order valence-corrected chi connectivity index (χ3v) is 2.56. The normalized spacial score (nSPS) is 11.0. The van der Waals surface area contributed by atoms with Gasteiger partial charge in [-0.2, -0.15) is 15.0 Å². The highest BCUT2D eigenvalue weighted by atomic mass is 16.6. The van der Waals surface area contributed by atoms with Crippen molar-refractivity contribution in [2.45, 2.75) is 26.3 Å². The Morgan fingerprint density at radius 3 is 2.39 bits per heavy atom. The molecule has 0 bridgehead atoms. The van der Waals surface area contributed by atoms with Crippen LogP contribution in [0, 0.1) is 10.1 Å². The van der Waals surface area contributed by atoms with E-state index in [9.17, 15) is 10.1 Å². The monoisotopic (exact) mass is 318 g/mol. The summed E-state index contributed by atoms with van der Waals surface area (Å²) in [5, 5.41) is 16.8. The molecule has 0 amide bonds. The number of non-ortho nitro benzene ring substituents is 1. The second-order valence-corrected chi connectivity index (χ2v) is 5.76. The first kappa shape index (κ1) is 16.4. The number of rotatable bonds is 5. The highest BCUT2D eigenvalue weighted by Gasteiger charge is 2.14. The van der Waals surface area contributed by atoms with Gasteiger partial charge in [-0.05, 0) is 26.8 Å². The fourth-order valence-electron chi connectivity index (χ4n) is 1.71. The Bertz CT molecular complexity index is 713. The van der Waals surface area contributed by atoms with Gasteiger partial charge in [0.25, 0.3) is 5.69 Å². The number of hydrazine groups is 1. The molecule has 0 saturated carbocycles. The molecular weight excluding hydrogens is 300 g/mol. The lowest BCUT2D eigenvalue weighted by Crippen LogP contribution is -2.28. The molecule has 0 saturated heterocycles. The molecule has 0 aliphatic heterocycles. The average Bonchev–Trinajstić information content (AvgIpc) is 2.45. The maximum atomic E-state index is 10.8. The molecule has 0 atom stereocenters. The summed E-state index contributed by atoms with van der Waals surface area (Å²) >= 11 is 0. The van der Waals surface area contributed by atoms with E-state index in [1.165, 1.54) is 12.1 Å². The number of hydrogen-bond donors (Lipinski definition) is 4. The van der Waals surface area contributed by atoms with Crippen molar-refractivity contribution in [3.8, 4) is 0 Å². The molecule has 1 aromatic heterocycles. The summed E-state index contributed by atoms with van der Waals surface area (Å²) in [6, 6.07) is 6.02. The SMILES string of the molecule is CC(C)(C)Nc1nc(NN)nc(Nc2cccc([N+](=O)[O-])c2)n1. The molecule has 0 aliphatic rings. The lowest BCUT2D eigenvalue weighted by Gasteiger charge is -2.20. The first-order chi connectivity index (χ1) is 10.8. The second-order valence-electron chi connectivity index (χ2n) is 5.76. The number of nitrogen functional groups attached to an aromatic ring is 1. The van der Waals surface area contributed by atoms with Crippen LogP contribution in [0.15, 0.2) is 24.3 Å². The van der Waals surface area contributed by atoms with Crippen molar-refractivity contribution in [2.75, 3.05) is 16.1 Å². The third-order valence-electron chi connectivity index (χ3n) is 2.56. The first-order valence-corrected chi connectivity index (χ1v) is 6.79. The summed E-state index contributed by atoms with van der Waals surface area (Å²) < 4.78 is 0. The fraction of sp³-hybridized carbons (Fsp3) is 0.308. The molecule has 1 aromatic carbocycles. The molecule has 0 unspecified atom stereocenters. The Hall–Kier alpha value is -3.01. The molecule has 2 aromatic rings. The van der Waals surface area contributed by atoms with Gasteiger partial charge in [0.05, 0.1) is 4.92 Å². The molecule has 23 heavy (non-hydrogen) atoms. The van der Waals surface area contributed by atoms with E-state index in [2.05, 4.69) is 31.0 Å². The highest BCUT2D eigenvalue weighted by molar-refractivity contribution is 5.59. The van der Waals surface area contributed by atoms with E-state index in [-0.39, 0.29) is 23.1 Å². The van der Waals surface area contributed by atoms with Gasteiger partial charge in [0.1, 0.15) is 0 Å². The van der Waals surface area contributed by atoms with Crippen molar-refractivity contribution in [1.82, 2.24) is 15.0 Å². The van der Waals surface area contributed by atoms with Crippen LogP contribution in [0.2, 0.25) is 0 Å². The van der Waals surface area contributed by atoms with E-state index in [0.717, 1.165) is 0 Å². The molecule has 1 heterocycles. The number of anilines is 4. The van der Waals surface area contributed by atoms with Crippen molar-refractivity contribution in [1.29, 1.82) is 0 Å². The molecule has 0 radical (unpaired) electrons. The van der Waals surface area contributed by atoms with Gasteiger partial charge in [0.2, 0.25) is 17.8 Å². The van der Waals surface area contributed by atoms with E-state index < -0.39 is 4.92 Å². The molecule has 2 rings (SSSR count). The number of benzene rings is 1. The molecule has 10 heteroatoms. The second kappa shape index (κ2) is 6.40. The number of nitrogens with one attached hydrogen (secondary N) is 3. The van der Waals surface area contributed by atoms with Crippen LogP contribution >= 0.6 is 0 Å². The summed E-state index contributed by atoms with van der Waals surface area (Å²) in [5.74, 6) is 6.06. The number of nitrogens with zero attached hydrogens (tertiary/aromatic N) is 4. The van der Waals surface area contributed by atoms with Crippen molar-refractivity contribution in [3.05, 3.63) is 34.4 Å². The zero-order valence-corrected chi connectivity index (χ0v) is 13.0. The predicted octanol–water partition coefficient (Wildman–Crippen LogP) is 2.02.